The summed E-state index contributed by atoms with van der Waals surface area (Å²) in [6.07, 6.45) is 1.63. The van der Waals surface area contributed by atoms with E-state index in [1.54, 1.807) is 24.3 Å². The Morgan fingerprint density at radius 2 is 2.16 bits per heavy atom. The second kappa shape index (κ2) is 8.11. The minimum Gasteiger partial charge on any atom is -0.479 e. The average molecular weight is 261 g/mol. The van der Waals surface area contributed by atoms with E-state index < -0.39 is 0 Å². The molecule has 1 aromatic carbocycles. The number of carbonyl (C=O) groups excluding carboxylic acids is 1. The Bertz CT molecular complexity index is 437. The maximum Gasteiger partial charge on any atom is 0.227 e. The average Bonchev–Trinajstić information content (AvgIpc) is 2.43. The summed E-state index contributed by atoms with van der Waals surface area (Å²) in [7, 11) is 0. The van der Waals surface area contributed by atoms with Crippen molar-refractivity contribution in [2.24, 2.45) is 11.7 Å². The number of nitrogens with two attached hydrogens (primary N) is 1. The molecule has 0 aromatic heterocycles. The van der Waals surface area contributed by atoms with Gasteiger partial charge in [0.2, 0.25) is 5.91 Å². The Morgan fingerprint density at radius 3 is 2.74 bits per heavy atom. The quantitative estimate of drug-likeness (QED) is 0.784. The van der Waals surface area contributed by atoms with E-state index in [0.717, 1.165) is 12.8 Å². The zero-order valence-corrected chi connectivity index (χ0v) is 11.1. The molecule has 0 saturated heterocycles. The van der Waals surface area contributed by atoms with Gasteiger partial charge < -0.3 is 15.8 Å². The van der Waals surface area contributed by atoms with Gasteiger partial charge in [-0.2, -0.15) is 5.26 Å². The molecular formula is C14H19N3O2. The summed E-state index contributed by atoms with van der Waals surface area (Å²) in [6.45, 7) is 2.50. The lowest BCUT2D eigenvalue weighted by atomic mass is 10.0. The summed E-state index contributed by atoms with van der Waals surface area (Å²) in [5.41, 5.74) is 6.13. The molecule has 1 amide bonds. The number of nitriles is 1. The molecule has 0 aliphatic carbocycles. The van der Waals surface area contributed by atoms with Gasteiger partial charge in [0.25, 0.3) is 0 Å². The topological polar surface area (TPSA) is 88.1 Å². The van der Waals surface area contributed by atoms with Crippen molar-refractivity contribution in [2.75, 3.05) is 18.5 Å². The van der Waals surface area contributed by atoms with Gasteiger partial charge in [-0.25, -0.2) is 0 Å². The van der Waals surface area contributed by atoms with E-state index in [4.69, 9.17) is 15.7 Å². The molecule has 0 saturated carbocycles. The van der Waals surface area contributed by atoms with E-state index in [9.17, 15) is 4.79 Å². The number of rotatable bonds is 7. The molecule has 0 radical (unpaired) electrons. The minimum absolute atomic E-state index is 0.0147. The van der Waals surface area contributed by atoms with Gasteiger partial charge in [-0.1, -0.05) is 6.92 Å². The molecule has 0 aliphatic heterocycles. The van der Waals surface area contributed by atoms with Crippen molar-refractivity contribution < 1.29 is 9.53 Å². The van der Waals surface area contributed by atoms with Gasteiger partial charge >= 0.3 is 0 Å². The normalized spacial score (nSPS) is 11.4. The second-order valence-corrected chi connectivity index (χ2v) is 4.29. The van der Waals surface area contributed by atoms with Gasteiger partial charge in [-0.15, -0.1) is 0 Å². The van der Waals surface area contributed by atoms with E-state index in [-0.39, 0.29) is 18.4 Å². The molecule has 1 rings (SSSR count). The third kappa shape index (κ3) is 5.40. The first-order chi connectivity index (χ1) is 9.17. The van der Waals surface area contributed by atoms with Gasteiger partial charge in [0.15, 0.2) is 6.61 Å². The zero-order chi connectivity index (χ0) is 14.1. The molecule has 5 heteroatoms. The SMILES string of the molecule is CC(CCCN)C(=O)Nc1ccc(OCC#N)cc1. The van der Waals surface area contributed by atoms with E-state index in [0.29, 0.717) is 18.0 Å². The van der Waals surface area contributed by atoms with Gasteiger partial charge in [-0.05, 0) is 43.7 Å². The van der Waals surface area contributed by atoms with Crippen LogP contribution in [0.15, 0.2) is 24.3 Å². The van der Waals surface area contributed by atoms with Gasteiger partial charge in [0.05, 0.1) is 0 Å². The standard InChI is InChI=1S/C14H19N3O2/c1-11(3-2-8-15)14(18)17-12-4-6-13(7-5-12)19-10-9-16/h4-7,11H,2-3,8,10,15H2,1H3,(H,17,18). The van der Waals surface area contributed by atoms with Gasteiger partial charge in [0.1, 0.15) is 11.8 Å². The first-order valence-corrected chi connectivity index (χ1v) is 6.28. The van der Waals surface area contributed by atoms with Gasteiger partial charge in [0, 0.05) is 11.6 Å². The van der Waals surface area contributed by atoms with Crippen LogP contribution in [-0.2, 0) is 4.79 Å². The summed E-state index contributed by atoms with van der Waals surface area (Å²) in [5.74, 6) is 0.535. The lowest BCUT2D eigenvalue weighted by molar-refractivity contribution is -0.119. The first-order valence-electron chi connectivity index (χ1n) is 6.28. The van der Waals surface area contributed by atoms with Crippen LogP contribution < -0.4 is 15.8 Å². The monoisotopic (exact) mass is 261 g/mol. The van der Waals surface area contributed by atoms with Crippen molar-refractivity contribution in [1.82, 2.24) is 0 Å². The Balaban J connectivity index is 2.48. The maximum absolute atomic E-state index is 11.8. The van der Waals surface area contributed by atoms with E-state index in [2.05, 4.69) is 5.32 Å². The van der Waals surface area contributed by atoms with Crippen LogP contribution in [-0.4, -0.2) is 19.1 Å². The fourth-order valence-corrected chi connectivity index (χ4v) is 1.57. The highest BCUT2D eigenvalue weighted by Crippen LogP contribution is 2.17. The summed E-state index contributed by atoms with van der Waals surface area (Å²) in [5, 5.41) is 11.2. The first kappa shape index (κ1) is 15.0. The molecule has 0 heterocycles. The molecule has 0 fully saturated rings. The highest BCUT2D eigenvalue weighted by Gasteiger charge is 2.12. The van der Waals surface area contributed by atoms with Crippen LogP contribution in [0.4, 0.5) is 5.69 Å². The summed E-state index contributed by atoms with van der Waals surface area (Å²) < 4.78 is 5.13. The number of ether oxygens (including phenoxy) is 1. The predicted octanol–water partition coefficient (Wildman–Crippen LogP) is 1.90. The molecule has 3 N–H and O–H groups in total. The molecule has 19 heavy (non-hydrogen) atoms. The van der Waals surface area contributed by atoms with Crippen LogP contribution in [0.2, 0.25) is 0 Å². The Morgan fingerprint density at radius 1 is 1.47 bits per heavy atom. The third-order valence-electron chi connectivity index (χ3n) is 2.71. The molecule has 5 nitrogen and oxygen atoms in total. The summed E-state index contributed by atoms with van der Waals surface area (Å²) in [6, 6.07) is 8.84. The van der Waals surface area contributed by atoms with E-state index in [1.165, 1.54) is 0 Å². The van der Waals surface area contributed by atoms with Crippen LogP contribution in [0.5, 0.6) is 5.75 Å². The lowest BCUT2D eigenvalue weighted by Gasteiger charge is -2.12. The molecule has 1 atom stereocenters. The number of nitrogens with zero attached hydrogens (tertiary/aromatic N) is 1. The third-order valence-corrected chi connectivity index (χ3v) is 2.71. The largest absolute Gasteiger partial charge is 0.479 e. The molecule has 0 aliphatic rings. The lowest BCUT2D eigenvalue weighted by Crippen LogP contribution is -2.21. The highest BCUT2D eigenvalue weighted by atomic mass is 16.5. The summed E-state index contributed by atoms with van der Waals surface area (Å²) in [4.78, 5) is 11.8. The fourth-order valence-electron chi connectivity index (χ4n) is 1.57. The Hall–Kier alpha value is -2.06. The maximum atomic E-state index is 11.8. The van der Waals surface area contributed by atoms with E-state index in [1.807, 2.05) is 13.0 Å². The molecule has 1 aromatic rings. The molecule has 0 spiro atoms. The van der Waals surface area contributed by atoms with Crippen molar-refractivity contribution >= 4 is 11.6 Å². The van der Waals surface area contributed by atoms with Crippen molar-refractivity contribution in [1.29, 1.82) is 5.26 Å². The number of benzene rings is 1. The molecule has 0 bridgehead atoms. The van der Waals surface area contributed by atoms with Crippen molar-refractivity contribution in [3.05, 3.63) is 24.3 Å². The van der Waals surface area contributed by atoms with Crippen molar-refractivity contribution in [3.8, 4) is 11.8 Å². The summed E-state index contributed by atoms with van der Waals surface area (Å²) >= 11 is 0. The van der Waals surface area contributed by atoms with Crippen LogP contribution in [0.1, 0.15) is 19.8 Å². The number of nitrogens with one attached hydrogen (secondary N) is 1. The second-order valence-electron chi connectivity index (χ2n) is 4.29. The number of amides is 1. The smallest absolute Gasteiger partial charge is 0.227 e. The Kier molecular flexibility index (Phi) is 6.41. The van der Waals surface area contributed by atoms with Crippen LogP contribution in [0, 0.1) is 17.2 Å². The fraction of sp³-hybridized carbons (Fsp3) is 0.429. The molecule has 1 unspecified atom stereocenters. The van der Waals surface area contributed by atoms with E-state index >= 15 is 0 Å². The number of carbonyl (C=O) groups is 1. The highest BCUT2D eigenvalue weighted by molar-refractivity contribution is 5.92. The molecule has 102 valence electrons. The molecular weight excluding hydrogens is 242 g/mol. The van der Waals surface area contributed by atoms with Crippen molar-refractivity contribution in [2.45, 2.75) is 19.8 Å². The van der Waals surface area contributed by atoms with Crippen molar-refractivity contribution in [3.63, 3.8) is 0 Å². The predicted molar refractivity (Wildman–Crippen MR) is 73.6 cm³/mol. The van der Waals surface area contributed by atoms with Crippen LogP contribution in [0.3, 0.4) is 0 Å². The van der Waals surface area contributed by atoms with Crippen LogP contribution in [0.25, 0.3) is 0 Å². The van der Waals surface area contributed by atoms with Gasteiger partial charge in [-0.3, -0.25) is 4.79 Å². The minimum atomic E-state index is -0.0573. The number of hydrogen-bond acceptors (Lipinski definition) is 4. The Labute approximate surface area is 113 Å². The zero-order valence-electron chi connectivity index (χ0n) is 11.1. The number of hydrogen-bond donors (Lipinski definition) is 2. The van der Waals surface area contributed by atoms with Crippen LogP contribution >= 0.6 is 0 Å². The number of anilines is 1.